The molecule has 1 aromatic heterocycles. The van der Waals surface area contributed by atoms with Crippen LogP contribution >= 0.6 is 12.4 Å². The molecule has 28 heavy (non-hydrogen) atoms. The highest BCUT2D eigenvalue weighted by atomic mass is 35.5. The normalized spacial score (nSPS) is 23.3. The van der Waals surface area contributed by atoms with Gasteiger partial charge in [-0.25, -0.2) is 13.2 Å². The zero-order valence-electron chi connectivity index (χ0n) is 15.9. The number of ether oxygens (including phenoxy) is 1. The Morgan fingerprint density at radius 2 is 2.07 bits per heavy atom. The molecule has 2 aliphatic heterocycles. The molecule has 1 amide bonds. The number of hydrogen-bond acceptors (Lipinski definition) is 7. The summed E-state index contributed by atoms with van der Waals surface area (Å²) >= 11 is 0. The van der Waals surface area contributed by atoms with Crippen molar-refractivity contribution in [1.29, 1.82) is 0 Å². The summed E-state index contributed by atoms with van der Waals surface area (Å²) in [6.45, 7) is 5.84. The molecule has 2 atom stereocenters. The molecule has 0 bridgehead atoms. The molecule has 1 unspecified atom stereocenters. The fraction of sp³-hybridized carbons (Fsp3) is 0.647. The Morgan fingerprint density at radius 1 is 1.32 bits per heavy atom. The quantitative estimate of drug-likeness (QED) is 0.683. The van der Waals surface area contributed by atoms with Gasteiger partial charge in [-0.2, -0.15) is 4.31 Å². The molecule has 0 saturated carbocycles. The second-order valence-corrected chi connectivity index (χ2v) is 8.57. The molecule has 0 radical (unpaired) electrons. The van der Waals surface area contributed by atoms with Crippen molar-refractivity contribution in [3.05, 3.63) is 17.9 Å². The maximum atomic E-state index is 13.0. The van der Waals surface area contributed by atoms with E-state index in [1.165, 1.54) is 16.4 Å². The van der Waals surface area contributed by atoms with Crippen LogP contribution < -0.4 is 5.32 Å². The molecule has 2 saturated heterocycles. The monoisotopic (exact) mass is 435 g/mol. The molecule has 3 rings (SSSR count). The van der Waals surface area contributed by atoms with E-state index < -0.39 is 22.0 Å². The van der Waals surface area contributed by atoms with Gasteiger partial charge < -0.3 is 19.4 Å². The van der Waals surface area contributed by atoms with Gasteiger partial charge in [0.05, 0.1) is 6.61 Å². The number of amides is 1. The average Bonchev–Trinajstić information content (AvgIpc) is 3.31. The van der Waals surface area contributed by atoms with Crippen molar-refractivity contribution in [2.24, 2.45) is 0 Å². The fourth-order valence-corrected chi connectivity index (χ4v) is 5.07. The van der Waals surface area contributed by atoms with Crippen LogP contribution in [-0.2, 0) is 19.6 Å². The largest absolute Gasteiger partial charge is 0.460 e. The molecule has 9 nitrogen and oxygen atoms in total. The lowest BCUT2D eigenvalue weighted by Gasteiger charge is -2.35. The van der Waals surface area contributed by atoms with Gasteiger partial charge in [-0.15, -0.1) is 12.4 Å². The highest BCUT2D eigenvalue weighted by Crippen LogP contribution is 2.28. The zero-order chi connectivity index (χ0) is 19.6. The third kappa shape index (κ3) is 4.51. The molecule has 1 N–H and O–H groups in total. The topological polar surface area (TPSA) is 109 Å². The summed E-state index contributed by atoms with van der Waals surface area (Å²) in [6.07, 6.45) is 1.07. The van der Waals surface area contributed by atoms with E-state index in [9.17, 15) is 18.0 Å². The molecule has 158 valence electrons. The Morgan fingerprint density at radius 3 is 2.75 bits per heavy atom. The first-order chi connectivity index (χ1) is 12.8. The van der Waals surface area contributed by atoms with Crippen LogP contribution in [0.1, 0.15) is 37.2 Å². The summed E-state index contributed by atoms with van der Waals surface area (Å²) in [5.41, 5.74) is 0. The number of piperazine rings is 1. The van der Waals surface area contributed by atoms with Crippen molar-refractivity contribution in [2.75, 3.05) is 32.8 Å². The van der Waals surface area contributed by atoms with E-state index in [2.05, 4.69) is 5.32 Å². The van der Waals surface area contributed by atoms with Gasteiger partial charge in [0.1, 0.15) is 6.04 Å². The van der Waals surface area contributed by atoms with E-state index in [1.807, 2.05) is 6.92 Å². The summed E-state index contributed by atoms with van der Waals surface area (Å²) in [5, 5.41) is 2.92. The first kappa shape index (κ1) is 22.7. The maximum Gasteiger partial charge on any atom is 0.374 e. The van der Waals surface area contributed by atoms with Crippen LogP contribution in [0.2, 0.25) is 0 Å². The Kier molecular flexibility index (Phi) is 7.49. The summed E-state index contributed by atoms with van der Waals surface area (Å²) in [7, 11) is -4.02. The number of esters is 1. The minimum Gasteiger partial charge on any atom is -0.460 e. The van der Waals surface area contributed by atoms with E-state index in [0.717, 1.165) is 0 Å². The molecule has 1 aromatic rings. The van der Waals surface area contributed by atoms with Gasteiger partial charge in [0.15, 0.2) is 0 Å². The minimum atomic E-state index is -4.02. The number of rotatable bonds is 5. The molecule has 2 fully saturated rings. The summed E-state index contributed by atoms with van der Waals surface area (Å²) in [4.78, 5) is 26.4. The fourth-order valence-electron chi connectivity index (χ4n) is 3.50. The minimum absolute atomic E-state index is 0. The van der Waals surface area contributed by atoms with Gasteiger partial charge in [0.25, 0.3) is 10.0 Å². The van der Waals surface area contributed by atoms with Crippen molar-refractivity contribution in [1.82, 2.24) is 14.5 Å². The van der Waals surface area contributed by atoms with Crippen molar-refractivity contribution in [3.63, 3.8) is 0 Å². The molecule has 3 heterocycles. The third-order valence-corrected chi connectivity index (χ3v) is 6.57. The van der Waals surface area contributed by atoms with E-state index in [4.69, 9.17) is 9.15 Å². The third-order valence-electron chi connectivity index (χ3n) is 4.79. The summed E-state index contributed by atoms with van der Waals surface area (Å²) < 4.78 is 37.2. The lowest BCUT2D eigenvalue weighted by molar-refractivity contribution is -0.135. The number of nitrogens with one attached hydrogen (secondary N) is 1. The van der Waals surface area contributed by atoms with Crippen molar-refractivity contribution in [2.45, 2.75) is 43.9 Å². The molecule has 2 aliphatic rings. The van der Waals surface area contributed by atoms with Crippen LogP contribution in [0.3, 0.4) is 0 Å². The Labute approximate surface area is 170 Å². The van der Waals surface area contributed by atoms with Crippen LogP contribution in [-0.4, -0.2) is 74.4 Å². The van der Waals surface area contributed by atoms with Gasteiger partial charge in [-0.05, 0) is 38.8 Å². The maximum absolute atomic E-state index is 13.0. The van der Waals surface area contributed by atoms with Gasteiger partial charge in [-0.3, -0.25) is 4.79 Å². The van der Waals surface area contributed by atoms with Crippen LogP contribution in [0.25, 0.3) is 0 Å². The highest BCUT2D eigenvalue weighted by Gasteiger charge is 2.43. The molecule has 0 spiro atoms. The van der Waals surface area contributed by atoms with Crippen molar-refractivity contribution < 1.29 is 27.2 Å². The molecular weight excluding hydrogens is 410 g/mol. The van der Waals surface area contributed by atoms with Crippen LogP contribution in [0.5, 0.6) is 0 Å². The first-order valence-electron chi connectivity index (χ1n) is 9.15. The second kappa shape index (κ2) is 9.25. The van der Waals surface area contributed by atoms with E-state index in [0.29, 0.717) is 32.5 Å². The molecular formula is C17H26ClN3O6S. The van der Waals surface area contributed by atoms with Gasteiger partial charge in [0, 0.05) is 32.2 Å². The zero-order valence-corrected chi connectivity index (χ0v) is 17.6. The van der Waals surface area contributed by atoms with Crippen LogP contribution in [0.4, 0.5) is 0 Å². The predicted molar refractivity (Wildman–Crippen MR) is 103 cm³/mol. The number of carbonyl (C=O) groups excluding carboxylic acids is 2. The molecule has 11 heteroatoms. The molecule has 0 aromatic carbocycles. The molecule has 0 aliphatic carbocycles. The number of nitrogens with zero attached hydrogens (tertiary/aromatic N) is 2. The smallest absolute Gasteiger partial charge is 0.374 e. The lowest BCUT2D eigenvalue weighted by Crippen LogP contribution is -2.56. The number of carbonyl (C=O) groups is 2. The second-order valence-electron chi connectivity index (χ2n) is 6.75. The lowest BCUT2D eigenvalue weighted by atomic mass is 10.1. The van der Waals surface area contributed by atoms with Crippen molar-refractivity contribution in [3.8, 4) is 0 Å². The van der Waals surface area contributed by atoms with Crippen molar-refractivity contribution >= 4 is 34.3 Å². The van der Waals surface area contributed by atoms with Crippen LogP contribution in [0.15, 0.2) is 21.6 Å². The summed E-state index contributed by atoms with van der Waals surface area (Å²) in [6, 6.07) is 1.94. The van der Waals surface area contributed by atoms with Gasteiger partial charge in [-0.1, -0.05) is 0 Å². The number of hydrogen-bond donors (Lipinski definition) is 1. The highest BCUT2D eigenvalue weighted by molar-refractivity contribution is 7.89. The Hall–Kier alpha value is -1.62. The standard InChI is InChI=1S/C17H25N3O6S.ClH/c1-3-25-17(22)14-6-7-15(26-14)27(23,24)20-9-4-5-13(20)16(21)19-10-8-18-12(2)11-19;/h6-7,12-13,18H,3-5,8-11H2,1-2H3;1H/t12-,13?;/m1./s1. The number of furan rings is 1. The van der Waals surface area contributed by atoms with Gasteiger partial charge >= 0.3 is 5.97 Å². The SMILES string of the molecule is CCOC(=O)c1ccc(S(=O)(=O)N2CCCC2C(=O)N2CCN[C@H](C)C2)o1.Cl. The first-order valence-corrected chi connectivity index (χ1v) is 10.6. The van der Waals surface area contributed by atoms with Gasteiger partial charge in [0.2, 0.25) is 16.8 Å². The predicted octanol–water partition coefficient (Wildman–Crippen LogP) is 0.851. The number of sulfonamides is 1. The number of halogens is 1. The Balaban J connectivity index is 0.00000280. The average molecular weight is 436 g/mol. The van der Waals surface area contributed by atoms with Crippen LogP contribution in [0, 0.1) is 0 Å². The van der Waals surface area contributed by atoms with E-state index >= 15 is 0 Å². The Bertz CT molecular complexity index is 812. The van der Waals surface area contributed by atoms with E-state index in [1.54, 1.807) is 11.8 Å². The summed E-state index contributed by atoms with van der Waals surface area (Å²) in [5.74, 6) is -1.07. The van der Waals surface area contributed by atoms with E-state index in [-0.39, 0.29) is 48.4 Å².